The summed E-state index contributed by atoms with van der Waals surface area (Å²) in [5.74, 6) is 1.14. The summed E-state index contributed by atoms with van der Waals surface area (Å²) in [5.41, 5.74) is 0.137. The van der Waals surface area contributed by atoms with Gasteiger partial charge in [-0.3, -0.25) is 10.1 Å². The molecule has 0 saturated carbocycles. The summed E-state index contributed by atoms with van der Waals surface area (Å²) in [5, 5.41) is 23.4. The summed E-state index contributed by atoms with van der Waals surface area (Å²) in [6.07, 6.45) is 3.59. The summed E-state index contributed by atoms with van der Waals surface area (Å²) >= 11 is 0. The van der Waals surface area contributed by atoms with E-state index >= 15 is 0 Å². The lowest BCUT2D eigenvalue weighted by Crippen LogP contribution is -2.40. The molecule has 7 nitrogen and oxygen atoms in total. The molecule has 3 heterocycles. The van der Waals surface area contributed by atoms with Gasteiger partial charge in [-0.2, -0.15) is 5.26 Å². The first-order valence-electron chi connectivity index (χ1n) is 6.72. The number of aromatic nitrogens is 1. The van der Waals surface area contributed by atoms with E-state index in [4.69, 9.17) is 0 Å². The molecule has 2 aliphatic rings. The normalized spacial score (nSPS) is 25.1. The van der Waals surface area contributed by atoms with E-state index in [1.165, 1.54) is 25.1 Å². The molecule has 1 aromatic heterocycles. The summed E-state index contributed by atoms with van der Waals surface area (Å²) in [7, 11) is 0. The van der Waals surface area contributed by atoms with E-state index < -0.39 is 4.92 Å². The van der Waals surface area contributed by atoms with Crippen LogP contribution in [0.25, 0.3) is 0 Å². The number of nitrogens with zero attached hydrogens (tertiary/aromatic N) is 4. The smallest absolute Gasteiger partial charge is 0.289 e. The Hall–Kier alpha value is -2.20. The van der Waals surface area contributed by atoms with Gasteiger partial charge >= 0.3 is 0 Å². The Balaban J connectivity index is 1.87. The molecule has 7 heteroatoms. The van der Waals surface area contributed by atoms with E-state index in [9.17, 15) is 15.4 Å². The Morgan fingerprint density at radius 2 is 2.40 bits per heavy atom. The molecule has 0 aliphatic carbocycles. The molecule has 0 radical (unpaired) electrons. The van der Waals surface area contributed by atoms with Gasteiger partial charge in [0, 0.05) is 25.2 Å². The molecule has 1 aromatic rings. The minimum Gasteiger partial charge on any atom is -0.354 e. The van der Waals surface area contributed by atoms with Crippen molar-refractivity contribution < 1.29 is 4.92 Å². The van der Waals surface area contributed by atoms with Crippen molar-refractivity contribution in [1.29, 1.82) is 5.26 Å². The van der Waals surface area contributed by atoms with Crippen LogP contribution in [0.5, 0.6) is 0 Å². The molecule has 2 saturated heterocycles. The van der Waals surface area contributed by atoms with E-state index in [1.54, 1.807) is 0 Å². The van der Waals surface area contributed by atoms with E-state index in [2.05, 4.69) is 15.2 Å². The predicted molar refractivity (Wildman–Crippen MR) is 72.3 cm³/mol. The van der Waals surface area contributed by atoms with Crippen LogP contribution < -0.4 is 10.2 Å². The van der Waals surface area contributed by atoms with Gasteiger partial charge in [-0.15, -0.1) is 0 Å². The number of piperidine rings is 1. The fraction of sp³-hybridized carbons (Fsp3) is 0.538. The van der Waals surface area contributed by atoms with Gasteiger partial charge in [-0.05, 0) is 25.3 Å². The fourth-order valence-corrected chi connectivity index (χ4v) is 3.10. The van der Waals surface area contributed by atoms with Gasteiger partial charge in [0.15, 0.2) is 0 Å². The highest BCUT2D eigenvalue weighted by Crippen LogP contribution is 2.30. The van der Waals surface area contributed by atoms with Crippen LogP contribution in [0.1, 0.15) is 18.4 Å². The zero-order valence-corrected chi connectivity index (χ0v) is 11.0. The summed E-state index contributed by atoms with van der Waals surface area (Å²) in [6.45, 7) is 2.70. The first-order chi connectivity index (χ1) is 9.69. The number of hydrogen-bond donors (Lipinski definition) is 1. The third-order valence-corrected chi connectivity index (χ3v) is 4.08. The van der Waals surface area contributed by atoms with Crippen molar-refractivity contribution in [1.82, 2.24) is 10.3 Å². The molecule has 2 atom stereocenters. The molecular weight excluding hydrogens is 258 g/mol. The van der Waals surface area contributed by atoms with Gasteiger partial charge in [0.05, 0.1) is 4.92 Å². The lowest BCUT2D eigenvalue weighted by atomic mass is 9.94. The van der Waals surface area contributed by atoms with Crippen LogP contribution in [-0.4, -0.2) is 35.6 Å². The number of rotatable bonds is 2. The van der Waals surface area contributed by atoms with Crippen molar-refractivity contribution in [3.05, 3.63) is 27.9 Å². The molecular formula is C13H15N5O2. The molecule has 0 aromatic carbocycles. The Morgan fingerprint density at radius 1 is 1.55 bits per heavy atom. The van der Waals surface area contributed by atoms with Crippen LogP contribution in [0.4, 0.5) is 11.5 Å². The van der Waals surface area contributed by atoms with Gasteiger partial charge < -0.3 is 10.2 Å². The zero-order chi connectivity index (χ0) is 14.1. The minimum atomic E-state index is -0.525. The average Bonchev–Trinajstić information content (AvgIpc) is 2.90. The summed E-state index contributed by atoms with van der Waals surface area (Å²) < 4.78 is 0. The van der Waals surface area contributed by atoms with Gasteiger partial charge in [0.25, 0.3) is 5.69 Å². The fourth-order valence-electron chi connectivity index (χ4n) is 3.10. The second kappa shape index (κ2) is 5.06. The lowest BCUT2D eigenvalue weighted by Gasteiger charge is -2.24. The molecule has 1 N–H and O–H groups in total. The van der Waals surface area contributed by atoms with E-state index in [0.29, 0.717) is 17.8 Å². The Morgan fingerprint density at radius 3 is 3.10 bits per heavy atom. The maximum absolute atomic E-state index is 10.7. The van der Waals surface area contributed by atoms with Crippen molar-refractivity contribution in [2.75, 3.05) is 24.5 Å². The quantitative estimate of drug-likeness (QED) is 0.639. The molecule has 104 valence electrons. The molecule has 0 spiro atoms. The highest BCUT2D eigenvalue weighted by atomic mass is 16.6. The van der Waals surface area contributed by atoms with E-state index in [0.717, 1.165) is 19.6 Å². The Labute approximate surface area is 116 Å². The van der Waals surface area contributed by atoms with Crippen molar-refractivity contribution in [3.63, 3.8) is 0 Å². The Bertz CT molecular complexity index is 569. The van der Waals surface area contributed by atoms with Crippen LogP contribution in [0.3, 0.4) is 0 Å². The van der Waals surface area contributed by atoms with Crippen molar-refractivity contribution >= 4 is 11.5 Å². The number of pyridine rings is 1. The number of anilines is 1. The highest BCUT2D eigenvalue weighted by molar-refractivity contribution is 5.58. The third kappa shape index (κ3) is 2.18. The van der Waals surface area contributed by atoms with Crippen LogP contribution in [0.2, 0.25) is 0 Å². The van der Waals surface area contributed by atoms with Gasteiger partial charge in [0.1, 0.15) is 23.6 Å². The second-order valence-corrected chi connectivity index (χ2v) is 5.30. The maximum atomic E-state index is 10.7. The minimum absolute atomic E-state index is 0.139. The number of nitro groups is 1. The van der Waals surface area contributed by atoms with Crippen LogP contribution >= 0.6 is 0 Å². The van der Waals surface area contributed by atoms with Gasteiger partial charge in [-0.1, -0.05) is 0 Å². The summed E-state index contributed by atoms with van der Waals surface area (Å²) in [6, 6.07) is 3.76. The number of nitrogens with one attached hydrogen (secondary N) is 1. The monoisotopic (exact) mass is 273 g/mol. The van der Waals surface area contributed by atoms with Crippen molar-refractivity contribution in [2.45, 2.75) is 18.9 Å². The lowest BCUT2D eigenvalue weighted by molar-refractivity contribution is -0.385. The first kappa shape index (κ1) is 12.8. The molecule has 0 unspecified atom stereocenters. The van der Waals surface area contributed by atoms with Crippen LogP contribution in [-0.2, 0) is 0 Å². The first-order valence-corrected chi connectivity index (χ1v) is 6.72. The number of fused-ring (bicyclic) bond motifs is 1. The maximum Gasteiger partial charge on any atom is 0.289 e. The molecule has 20 heavy (non-hydrogen) atoms. The molecule has 3 rings (SSSR count). The third-order valence-electron chi connectivity index (χ3n) is 4.08. The predicted octanol–water partition coefficient (Wildman–Crippen LogP) is 1.05. The van der Waals surface area contributed by atoms with Crippen molar-refractivity contribution in [3.8, 4) is 6.07 Å². The molecule has 2 aliphatic heterocycles. The van der Waals surface area contributed by atoms with E-state index in [-0.39, 0.29) is 11.3 Å². The molecule has 0 amide bonds. The SMILES string of the molecule is N#Cc1cc([N+](=O)[O-])cnc1N1C[C@@H]2CCCN[C@@H]2C1. The molecule has 2 fully saturated rings. The van der Waals surface area contributed by atoms with E-state index in [1.807, 2.05) is 6.07 Å². The summed E-state index contributed by atoms with van der Waals surface area (Å²) in [4.78, 5) is 16.4. The topological polar surface area (TPSA) is 95.1 Å². The number of nitriles is 1. The zero-order valence-electron chi connectivity index (χ0n) is 11.0. The van der Waals surface area contributed by atoms with Crippen LogP contribution in [0, 0.1) is 27.4 Å². The molecule has 0 bridgehead atoms. The number of hydrogen-bond acceptors (Lipinski definition) is 6. The second-order valence-electron chi connectivity index (χ2n) is 5.30. The largest absolute Gasteiger partial charge is 0.354 e. The highest BCUT2D eigenvalue weighted by Gasteiger charge is 2.35. The van der Waals surface area contributed by atoms with Crippen LogP contribution in [0.15, 0.2) is 12.3 Å². The van der Waals surface area contributed by atoms with Crippen molar-refractivity contribution in [2.24, 2.45) is 5.92 Å². The van der Waals surface area contributed by atoms with Gasteiger partial charge in [-0.25, -0.2) is 4.98 Å². The Kier molecular flexibility index (Phi) is 3.24. The average molecular weight is 273 g/mol. The standard InChI is InChI=1S/C13H15N5O2/c14-5-10-4-11(18(19)20)6-16-13(10)17-7-9-2-1-3-15-12(9)8-17/h4,6,9,12,15H,1-3,7-8H2/t9-,12+/m0/s1. The van der Waals surface area contributed by atoms with Gasteiger partial charge in [0.2, 0.25) is 0 Å².